The highest BCUT2D eigenvalue weighted by atomic mass is 79.9. The van der Waals surface area contributed by atoms with Gasteiger partial charge in [-0.05, 0) is 59.3 Å². The summed E-state index contributed by atoms with van der Waals surface area (Å²) in [7, 11) is 3.40. The van der Waals surface area contributed by atoms with E-state index in [2.05, 4.69) is 41.2 Å². The first-order valence-electron chi connectivity index (χ1n) is 7.25. The lowest BCUT2D eigenvalue weighted by molar-refractivity contribution is 0.347. The van der Waals surface area contributed by atoms with E-state index >= 15 is 0 Å². The summed E-state index contributed by atoms with van der Waals surface area (Å²) < 4.78 is 12.1. The molecule has 0 aliphatic carbocycles. The van der Waals surface area contributed by atoms with Crippen molar-refractivity contribution in [2.75, 3.05) is 20.8 Å². The zero-order valence-corrected chi connectivity index (χ0v) is 14.3. The molecule has 1 aliphatic rings. The Labute approximate surface area is 130 Å². The lowest BCUT2D eigenvalue weighted by Gasteiger charge is -2.22. The number of hydrogen-bond acceptors (Lipinski definition) is 3. The lowest BCUT2D eigenvalue weighted by atomic mass is 9.91. The number of ether oxygens (including phenoxy) is 2. The average molecular weight is 342 g/mol. The molecule has 0 amide bonds. The summed E-state index contributed by atoms with van der Waals surface area (Å²) in [5.74, 6) is 2.06. The van der Waals surface area contributed by atoms with Crippen LogP contribution in [0.2, 0.25) is 0 Å². The van der Waals surface area contributed by atoms with E-state index in [0.717, 1.165) is 28.9 Å². The minimum Gasteiger partial charge on any atom is -0.493 e. The van der Waals surface area contributed by atoms with E-state index in [1.807, 2.05) is 0 Å². The number of halogens is 1. The minimum absolute atomic E-state index is 0.406. The van der Waals surface area contributed by atoms with Gasteiger partial charge < -0.3 is 14.8 Å². The van der Waals surface area contributed by atoms with Crippen LogP contribution in [0.1, 0.15) is 43.7 Å². The molecule has 1 aromatic carbocycles. The van der Waals surface area contributed by atoms with E-state index in [0.29, 0.717) is 12.0 Å². The van der Waals surface area contributed by atoms with Crippen molar-refractivity contribution in [3.8, 4) is 11.5 Å². The van der Waals surface area contributed by atoms with Gasteiger partial charge in [0.25, 0.3) is 0 Å². The summed E-state index contributed by atoms with van der Waals surface area (Å²) in [6, 6.07) is 2.77. The quantitative estimate of drug-likeness (QED) is 0.881. The van der Waals surface area contributed by atoms with Gasteiger partial charge in [0.2, 0.25) is 0 Å². The zero-order valence-electron chi connectivity index (χ0n) is 12.8. The van der Waals surface area contributed by atoms with Gasteiger partial charge in [-0.2, -0.15) is 0 Å². The summed E-state index contributed by atoms with van der Waals surface area (Å²) in [5.41, 5.74) is 2.62. The minimum atomic E-state index is 0.406. The Hall–Kier alpha value is -0.740. The molecule has 4 heteroatoms. The number of benzene rings is 1. The number of nitrogens with one attached hydrogen (secondary N) is 1. The monoisotopic (exact) mass is 341 g/mol. The van der Waals surface area contributed by atoms with Crippen molar-refractivity contribution >= 4 is 15.9 Å². The smallest absolute Gasteiger partial charge is 0.175 e. The summed E-state index contributed by atoms with van der Waals surface area (Å²) in [6.45, 7) is 5.55. The molecule has 3 nitrogen and oxygen atoms in total. The molecule has 1 aromatic rings. The predicted octanol–water partition coefficient (Wildman–Crippen LogP) is 3.88. The molecule has 1 saturated heterocycles. The van der Waals surface area contributed by atoms with Crippen LogP contribution < -0.4 is 14.8 Å². The summed E-state index contributed by atoms with van der Waals surface area (Å²) >= 11 is 3.61. The lowest BCUT2D eigenvalue weighted by Crippen LogP contribution is -2.24. The van der Waals surface area contributed by atoms with Crippen molar-refractivity contribution < 1.29 is 9.47 Å². The fourth-order valence-electron chi connectivity index (χ4n) is 3.06. The van der Waals surface area contributed by atoms with Gasteiger partial charge in [0, 0.05) is 11.6 Å². The van der Waals surface area contributed by atoms with E-state index < -0.39 is 0 Å². The second-order valence-electron chi connectivity index (χ2n) is 5.65. The highest BCUT2D eigenvalue weighted by Gasteiger charge is 2.23. The molecule has 1 unspecified atom stereocenters. The van der Waals surface area contributed by atoms with Crippen molar-refractivity contribution in [3.05, 3.63) is 21.7 Å². The van der Waals surface area contributed by atoms with Crippen molar-refractivity contribution in [2.45, 2.75) is 45.1 Å². The standard InChI is InChI=1S/C16H24BrNO2/c1-10(2)14-11(8-12-6-5-7-18-12)9-13(17)15(19-3)16(14)20-4/h9-10,12,18H,5-8H2,1-4H3. The topological polar surface area (TPSA) is 30.5 Å². The number of methoxy groups -OCH3 is 2. The first-order valence-corrected chi connectivity index (χ1v) is 8.04. The summed E-state index contributed by atoms with van der Waals surface area (Å²) in [6.07, 6.45) is 3.58. The van der Waals surface area contributed by atoms with Gasteiger partial charge in [-0.25, -0.2) is 0 Å². The maximum atomic E-state index is 5.64. The Kier molecular flexibility index (Phi) is 5.33. The SMILES string of the molecule is COc1c(Br)cc(CC2CCCN2)c(C(C)C)c1OC. The highest BCUT2D eigenvalue weighted by molar-refractivity contribution is 9.10. The molecule has 1 heterocycles. The maximum absolute atomic E-state index is 5.64. The fourth-order valence-corrected chi connectivity index (χ4v) is 3.68. The summed E-state index contributed by atoms with van der Waals surface area (Å²) in [4.78, 5) is 0. The van der Waals surface area contributed by atoms with Crippen LogP contribution in [0.4, 0.5) is 0 Å². The normalized spacial score (nSPS) is 18.6. The molecule has 112 valence electrons. The first-order chi connectivity index (χ1) is 9.58. The molecule has 1 fully saturated rings. The largest absolute Gasteiger partial charge is 0.493 e. The molecule has 1 aliphatic heterocycles. The van der Waals surface area contributed by atoms with Crippen molar-refractivity contribution in [2.24, 2.45) is 0 Å². The molecule has 0 radical (unpaired) electrons. The van der Waals surface area contributed by atoms with Crippen molar-refractivity contribution in [1.82, 2.24) is 5.32 Å². The second kappa shape index (κ2) is 6.81. The van der Waals surface area contributed by atoms with Gasteiger partial charge in [0.15, 0.2) is 11.5 Å². The summed E-state index contributed by atoms with van der Waals surface area (Å²) in [5, 5.41) is 3.57. The third kappa shape index (κ3) is 3.12. The van der Waals surface area contributed by atoms with Crippen LogP contribution in [0.25, 0.3) is 0 Å². The van der Waals surface area contributed by atoms with Crippen LogP contribution in [0, 0.1) is 0 Å². The molecule has 0 saturated carbocycles. The van der Waals surface area contributed by atoms with E-state index in [4.69, 9.17) is 9.47 Å². The Bertz CT molecular complexity index is 468. The molecule has 2 rings (SSSR count). The number of rotatable bonds is 5. The molecule has 1 N–H and O–H groups in total. The molecule has 0 bridgehead atoms. The van der Waals surface area contributed by atoms with E-state index in [1.54, 1.807) is 14.2 Å². The van der Waals surface area contributed by atoms with Crippen LogP contribution in [0.15, 0.2) is 10.5 Å². The third-order valence-electron chi connectivity index (χ3n) is 3.93. The molecular formula is C16H24BrNO2. The van der Waals surface area contributed by atoms with Gasteiger partial charge in [-0.15, -0.1) is 0 Å². The second-order valence-corrected chi connectivity index (χ2v) is 6.50. The maximum Gasteiger partial charge on any atom is 0.175 e. The van der Waals surface area contributed by atoms with Gasteiger partial charge in [0.1, 0.15) is 0 Å². The van der Waals surface area contributed by atoms with Gasteiger partial charge in [0.05, 0.1) is 18.7 Å². The zero-order chi connectivity index (χ0) is 14.7. The van der Waals surface area contributed by atoms with E-state index in [-0.39, 0.29) is 0 Å². The van der Waals surface area contributed by atoms with Crippen molar-refractivity contribution in [3.63, 3.8) is 0 Å². The van der Waals surface area contributed by atoms with Crippen LogP contribution in [0.5, 0.6) is 11.5 Å². The van der Waals surface area contributed by atoms with Crippen LogP contribution in [0.3, 0.4) is 0 Å². The van der Waals surface area contributed by atoms with Crippen molar-refractivity contribution in [1.29, 1.82) is 0 Å². The van der Waals surface area contributed by atoms with Crippen LogP contribution in [-0.2, 0) is 6.42 Å². The van der Waals surface area contributed by atoms with Crippen LogP contribution >= 0.6 is 15.9 Å². The fraction of sp³-hybridized carbons (Fsp3) is 0.625. The number of hydrogen-bond donors (Lipinski definition) is 1. The molecule has 20 heavy (non-hydrogen) atoms. The Morgan fingerprint density at radius 3 is 2.50 bits per heavy atom. The van der Waals surface area contributed by atoms with Gasteiger partial charge in [-0.1, -0.05) is 13.8 Å². The van der Waals surface area contributed by atoms with E-state index in [9.17, 15) is 0 Å². The Morgan fingerprint density at radius 2 is 2.00 bits per heavy atom. The average Bonchev–Trinajstić information content (AvgIpc) is 2.90. The molecule has 0 spiro atoms. The molecule has 0 aromatic heterocycles. The Morgan fingerprint density at radius 1 is 1.30 bits per heavy atom. The first kappa shape index (κ1) is 15.6. The molecule has 1 atom stereocenters. The molecular weight excluding hydrogens is 318 g/mol. The van der Waals surface area contributed by atoms with E-state index in [1.165, 1.54) is 24.0 Å². The van der Waals surface area contributed by atoms with Gasteiger partial charge in [-0.3, -0.25) is 0 Å². The third-order valence-corrected chi connectivity index (χ3v) is 4.52. The van der Waals surface area contributed by atoms with Crippen LogP contribution in [-0.4, -0.2) is 26.8 Å². The predicted molar refractivity (Wildman–Crippen MR) is 86.1 cm³/mol. The Balaban J connectivity index is 2.45. The highest BCUT2D eigenvalue weighted by Crippen LogP contribution is 2.43. The van der Waals surface area contributed by atoms with Gasteiger partial charge >= 0.3 is 0 Å².